The van der Waals surface area contributed by atoms with Crippen LogP contribution >= 0.6 is 11.6 Å². The minimum absolute atomic E-state index is 0.571. The van der Waals surface area contributed by atoms with Gasteiger partial charge >= 0.3 is 0 Å². The highest BCUT2D eigenvalue weighted by Crippen LogP contribution is 2.26. The Bertz CT molecular complexity index is 1080. The van der Waals surface area contributed by atoms with Crippen LogP contribution in [-0.4, -0.2) is 55.2 Å². The Morgan fingerprint density at radius 1 is 1.06 bits per heavy atom. The molecule has 2 aromatic carbocycles. The summed E-state index contributed by atoms with van der Waals surface area (Å²) >= 11 is 6.40. The van der Waals surface area contributed by atoms with Crippen molar-refractivity contribution in [2.45, 2.75) is 26.2 Å². The van der Waals surface area contributed by atoms with Gasteiger partial charge in [0.2, 0.25) is 5.95 Å². The van der Waals surface area contributed by atoms with Crippen LogP contribution in [0, 0.1) is 6.92 Å². The summed E-state index contributed by atoms with van der Waals surface area (Å²) in [5.74, 6) is 1.49. The molecule has 0 amide bonds. The summed E-state index contributed by atoms with van der Waals surface area (Å²) in [4.78, 5) is 13.9. The highest BCUT2D eigenvalue weighted by molar-refractivity contribution is 6.31. The average molecular weight is 466 g/mol. The second kappa shape index (κ2) is 10.9. The topological polar surface area (TPSA) is 53.5 Å². The average Bonchev–Trinajstić information content (AvgIpc) is 2.83. The Hall–Kier alpha value is -2.83. The lowest BCUT2D eigenvalue weighted by molar-refractivity contribution is 0.313. The van der Waals surface area contributed by atoms with Gasteiger partial charge in [-0.3, -0.25) is 0 Å². The first kappa shape index (κ1) is 23.3. The van der Waals surface area contributed by atoms with E-state index in [4.69, 9.17) is 21.3 Å². The molecule has 33 heavy (non-hydrogen) atoms. The second-order valence-electron chi connectivity index (χ2n) is 8.57. The fourth-order valence-corrected chi connectivity index (χ4v) is 4.35. The fourth-order valence-electron chi connectivity index (χ4n) is 4.16. The standard InChI is InChI=1S/C26H32ClN5O/c1-19-17-21(32-15-13-31(2)14-16-32)11-12-23(19)29-26-28-18-22(27)24(30-26)9-6-8-20-7-4-5-10-25(20)33-3/h4-5,7,10-12,17-18H,6,8-9,13-16H2,1-3H3,(H,28,29,30). The zero-order chi connectivity index (χ0) is 23.2. The number of benzene rings is 2. The molecule has 2 heterocycles. The summed E-state index contributed by atoms with van der Waals surface area (Å²) in [6.45, 7) is 6.42. The third kappa shape index (κ3) is 5.95. The van der Waals surface area contributed by atoms with Gasteiger partial charge in [0, 0.05) is 37.6 Å². The van der Waals surface area contributed by atoms with Crippen LogP contribution in [0.2, 0.25) is 5.02 Å². The van der Waals surface area contributed by atoms with Gasteiger partial charge in [0.25, 0.3) is 0 Å². The first-order valence-electron chi connectivity index (χ1n) is 11.5. The van der Waals surface area contributed by atoms with Gasteiger partial charge in [-0.15, -0.1) is 0 Å². The molecule has 6 nitrogen and oxygen atoms in total. The van der Waals surface area contributed by atoms with E-state index in [2.05, 4.69) is 58.3 Å². The van der Waals surface area contributed by atoms with Gasteiger partial charge in [-0.25, -0.2) is 9.97 Å². The number of para-hydroxylation sites is 1. The number of ether oxygens (including phenoxy) is 1. The van der Waals surface area contributed by atoms with Crippen molar-refractivity contribution in [1.29, 1.82) is 0 Å². The van der Waals surface area contributed by atoms with Crippen molar-refractivity contribution in [2.24, 2.45) is 0 Å². The SMILES string of the molecule is COc1ccccc1CCCc1nc(Nc2ccc(N3CCN(C)CC3)cc2C)ncc1Cl. The normalized spacial score (nSPS) is 14.4. The summed E-state index contributed by atoms with van der Waals surface area (Å²) in [5, 5.41) is 3.98. The van der Waals surface area contributed by atoms with Crippen LogP contribution in [0.5, 0.6) is 5.75 Å². The van der Waals surface area contributed by atoms with E-state index in [0.717, 1.165) is 62.6 Å². The van der Waals surface area contributed by atoms with E-state index in [9.17, 15) is 0 Å². The molecular formula is C26H32ClN5O. The van der Waals surface area contributed by atoms with Crippen LogP contribution in [0.1, 0.15) is 23.2 Å². The van der Waals surface area contributed by atoms with Gasteiger partial charge in [0.1, 0.15) is 5.75 Å². The van der Waals surface area contributed by atoms with E-state index in [1.54, 1.807) is 13.3 Å². The molecule has 4 rings (SSSR count). The number of hydrogen-bond donors (Lipinski definition) is 1. The monoisotopic (exact) mass is 465 g/mol. The number of nitrogens with one attached hydrogen (secondary N) is 1. The molecule has 0 atom stereocenters. The van der Waals surface area contributed by atoms with Crippen LogP contribution in [0.3, 0.4) is 0 Å². The van der Waals surface area contributed by atoms with Crippen LogP contribution in [-0.2, 0) is 12.8 Å². The molecule has 0 radical (unpaired) electrons. The van der Waals surface area contributed by atoms with E-state index in [1.807, 2.05) is 18.2 Å². The smallest absolute Gasteiger partial charge is 0.227 e. The maximum atomic E-state index is 6.40. The number of anilines is 3. The molecule has 174 valence electrons. The van der Waals surface area contributed by atoms with Gasteiger partial charge in [0.15, 0.2) is 0 Å². The lowest BCUT2D eigenvalue weighted by Crippen LogP contribution is -2.44. The quantitative estimate of drug-likeness (QED) is 0.498. The van der Waals surface area contributed by atoms with Crippen LogP contribution < -0.4 is 15.0 Å². The third-order valence-corrected chi connectivity index (χ3v) is 6.51. The summed E-state index contributed by atoms with van der Waals surface area (Å²) in [6.07, 6.45) is 4.29. The van der Waals surface area contributed by atoms with Crippen molar-refractivity contribution in [3.63, 3.8) is 0 Å². The highest BCUT2D eigenvalue weighted by atomic mass is 35.5. The molecule has 0 unspecified atom stereocenters. The molecule has 1 aliphatic heterocycles. The maximum Gasteiger partial charge on any atom is 0.227 e. The lowest BCUT2D eigenvalue weighted by Gasteiger charge is -2.34. The van der Waals surface area contributed by atoms with Crippen molar-refractivity contribution >= 4 is 28.9 Å². The zero-order valence-electron chi connectivity index (χ0n) is 19.6. The molecule has 1 fully saturated rings. The molecule has 0 aliphatic carbocycles. The number of rotatable bonds is 8. The van der Waals surface area contributed by atoms with Crippen LogP contribution in [0.25, 0.3) is 0 Å². The van der Waals surface area contributed by atoms with Crippen molar-refractivity contribution in [3.8, 4) is 5.75 Å². The molecule has 0 spiro atoms. The van der Waals surface area contributed by atoms with Crippen molar-refractivity contribution in [3.05, 3.63) is 70.5 Å². The van der Waals surface area contributed by atoms with Crippen LogP contribution in [0.15, 0.2) is 48.7 Å². The van der Waals surface area contributed by atoms with E-state index in [1.165, 1.54) is 16.8 Å². The first-order valence-corrected chi connectivity index (χ1v) is 11.9. The lowest BCUT2D eigenvalue weighted by atomic mass is 10.1. The Morgan fingerprint density at radius 3 is 2.61 bits per heavy atom. The minimum Gasteiger partial charge on any atom is -0.496 e. The fraction of sp³-hybridized carbons (Fsp3) is 0.385. The number of methoxy groups -OCH3 is 1. The third-order valence-electron chi connectivity index (χ3n) is 6.19. The number of nitrogens with zero attached hydrogens (tertiary/aromatic N) is 4. The van der Waals surface area contributed by atoms with Crippen molar-refractivity contribution < 1.29 is 4.74 Å². The summed E-state index contributed by atoms with van der Waals surface area (Å²) < 4.78 is 5.45. The predicted octanol–water partition coefficient (Wildman–Crippen LogP) is 5.12. The predicted molar refractivity (Wildman–Crippen MR) is 136 cm³/mol. The van der Waals surface area contributed by atoms with Gasteiger partial charge in [0.05, 0.1) is 24.0 Å². The first-order chi connectivity index (χ1) is 16.0. The molecule has 0 saturated carbocycles. The van der Waals surface area contributed by atoms with Gasteiger partial charge in [-0.05, 0) is 68.6 Å². The second-order valence-corrected chi connectivity index (χ2v) is 8.98. The molecule has 1 N–H and O–H groups in total. The molecular weight excluding hydrogens is 434 g/mol. The number of likely N-dealkylation sites (N-methyl/N-ethyl adjacent to an activating group) is 1. The van der Waals surface area contributed by atoms with Gasteiger partial charge < -0.3 is 19.9 Å². The summed E-state index contributed by atoms with van der Waals surface area (Å²) in [6, 6.07) is 14.6. The Labute approximate surface area is 201 Å². The highest BCUT2D eigenvalue weighted by Gasteiger charge is 2.15. The number of aryl methyl sites for hydroxylation is 3. The van der Waals surface area contributed by atoms with E-state index >= 15 is 0 Å². The molecule has 3 aromatic rings. The molecule has 1 aromatic heterocycles. The Kier molecular flexibility index (Phi) is 7.68. The van der Waals surface area contributed by atoms with E-state index < -0.39 is 0 Å². The number of piperazine rings is 1. The van der Waals surface area contributed by atoms with Crippen molar-refractivity contribution in [2.75, 3.05) is 50.6 Å². The van der Waals surface area contributed by atoms with E-state index in [-0.39, 0.29) is 0 Å². The summed E-state index contributed by atoms with van der Waals surface area (Å²) in [7, 11) is 3.88. The van der Waals surface area contributed by atoms with Crippen molar-refractivity contribution in [1.82, 2.24) is 14.9 Å². The molecule has 1 saturated heterocycles. The molecule has 1 aliphatic rings. The number of aromatic nitrogens is 2. The number of hydrogen-bond acceptors (Lipinski definition) is 6. The Morgan fingerprint density at radius 2 is 1.85 bits per heavy atom. The summed E-state index contributed by atoms with van der Waals surface area (Å²) in [5.41, 5.74) is 5.49. The molecule has 0 bridgehead atoms. The zero-order valence-corrected chi connectivity index (χ0v) is 20.4. The van der Waals surface area contributed by atoms with Gasteiger partial charge in [-0.2, -0.15) is 0 Å². The van der Waals surface area contributed by atoms with E-state index in [0.29, 0.717) is 11.0 Å². The van der Waals surface area contributed by atoms with Crippen LogP contribution in [0.4, 0.5) is 17.3 Å². The number of halogens is 1. The minimum atomic E-state index is 0.571. The largest absolute Gasteiger partial charge is 0.496 e. The maximum absolute atomic E-state index is 6.40. The molecule has 7 heteroatoms. The van der Waals surface area contributed by atoms with Gasteiger partial charge in [-0.1, -0.05) is 29.8 Å². The Balaban J connectivity index is 1.40.